The predicted octanol–water partition coefficient (Wildman–Crippen LogP) is 0.471. The first-order chi connectivity index (χ1) is 9.54. The fourth-order valence-corrected chi connectivity index (χ4v) is 2.72. The van der Waals surface area contributed by atoms with E-state index in [-0.39, 0.29) is 16.9 Å². The molecule has 0 aliphatic carbocycles. The first-order valence-electron chi connectivity index (χ1n) is 6.69. The molecule has 1 amide bonds. The zero-order chi connectivity index (χ0) is 14.6. The molecule has 2 rings (SSSR count). The number of ether oxygens (including phenoxy) is 1. The van der Waals surface area contributed by atoms with Crippen LogP contribution in [0.15, 0.2) is 18.7 Å². The molecular weight excluding hydrogens is 276 g/mol. The van der Waals surface area contributed by atoms with E-state index in [1.807, 2.05) is 17.7 Å². The Kier molecular flexibility index (Phi) is 4.72. The molecule has 3 N–H and O–H groups in total. The van der Waals surface area contributed by atoms with E-state index in [1.165, 1.54) is 0 Å². The number of rotatable bonds is 5. The molecule has 0 aromatic carbocycles. The molecule has 20 heavy (non-hydrogen) atoms. The van der Waals surface area contributed by atoms with Gasteiger partial charge in [0.2, 0.25) is 5.91 Å². The van der Waals surface area contributed by atoms with Gasteiger partial charge in [0.1, 0.15) is 5.41 Å². The summed E-state index contributed by atoms with van der Waals surface area (Å²) >= 11 is 5.12. The summed E-state index contributed by atoms with van der Waals surface area (Å²) in [5, 5.41) is 3.00. The van der Waals surface area contributed by atoms with Gasteiger partial charge in [-0.1, -0.05) is 12.2 Å². The van der Waals surface area contributed by atoms with Gasteiger partial charge in [0.15, 0.2) is 0 Å². The van der Waals surface area contributed by atoms with Crippen molar-refractivity contribution in [1.29, 1.82) is 0 Å². The van der Waals surface area contributed by atoms with Crippen molar-refractivity contribution in [2.45, 2.75) is 32.4 Å². The molecule has 1 atom stereocenters. The molecule has 1 aliphatic heterocycles. The molecule has 1 aromatic heterocycles. The molecule has 0 radical (unpaired) electrons. The molecule has 0 saturated carbocycles. The average molecular weight is 296 g/mol. The average Bonchev–Trinajstić information content (AvgIpc) is 2.91. The summed E-state index contributed by atoms with van der Waals surface area (Å²) in [6.07, 6.45) is 6.39. The van der Waals surface area contributed by atoms with Crippen molar-refractivity contribution in [3.63, 3.8) is 0 Å². The lowest BCUT2D eigenvalue weighted by Crippen LogP contribution is -2.54. The summed E-state index contributed by atoms with van der Waals surface area (Å²) < 4.78 is 7.23. The van der Waals surface area contributed by atoms with Crippen molar-refractivity contribution in [3.8, 4) is 0 Å². The Balaban J connectivity index is 1.99. The molecular formula is C13H20N4O2S. The van der Waals surface area contributed by atoms with Crippen LogP contribution in [0.1, 0.15) is 19.8 Å². The Morgan fingerprint density at radius 1 is 1.60 bits per heavy atom. The van der Waals surface area contributed by atoms with Crippen molar-refractivity contribution in [2.75, 3.05) is 13.2 Å². The van der Waals surface area contributed by atoms with Gasteiger partial charge in [0, 0.05) is 38.2 Å². The van der Waals surface area contributed by atoms with Gasteiger partial charge >= 0.3 is 0 Å². The molecule has 1 saturated heterocycles. The normalized spacial score (nSPS) is 19.2. The minimum atomic E-state index is -0.767. The number of aromatic nitrogens is 2. The summed E-state index contributed by atoms with van der Waals surface area (Å²) in [4.78, 5) is 16.8. The molecule has 110 valence electrons. The van der Waals surface area contributed by atoms with Gasteiger partial charge in [-0.3, -0.25) is 4.79 Å². The van der Waals surface area contributed by atoms with Gasteiger partial charge in [-0.15, -0.1) is 0 Å². The van der Waals surface area contributed by atoms with Crippen molar-refractivity contribution in [2.24, 2.45) is 11.1 Å². The van der Waals surface area contributed by atoms with Crippen molar-refractivity contribution in [1.82, 2.24) is 14.9 Å². The maximum Gasteiger partial charge on any atom is 0.233 e. The topological polar surface area (TPSA) is 82.2 Å². The first-order valence-corrected chi connectivity index (χ1v) is 7.10. The van der Waals surface area contributed by atoms with Crippen LogP contribution in [0, 0.1) is 5.41 Å². The third-order valence-electron chi connectivity index (χ3n) is 3.67. The van der Waals surface area contributed by atoms with Crippen LogP contribution in [0.4, 0.5) is 0 Å². The van der Waals surface area contributed by atoms with E-state index in [4.69, 9.17) is 22.7 Å². The highest BCUT2D eigenvalue weighted by atomic mass is 32.1. The fraction of sp³-hybridized carbons (Fsp3) is 0.615. The van der Waals surface area contributed by atoms with Gasteiger partial charge in [-0.2, -0.15) is 0 Å². The highest BCUT2D eigenvalue weighted by molar-refractivity contribution is 7.80. The van der Waals surface area contributed by atoms with E-state index in [0.717, 1.165) is 0 Å². The van der Waals surface area contributed by atoms with E-state index in [0.29, 0.717) is 32.6 Å². The highest BCUT2D eigenvalue weighted by Gasteiger charge is 2.43. The lowest BCUT2D eigenvalue weighted by Gasteiger charge is -2.35. The van der Waals surface area contributed by atoms with Crippen LogP contribution >= 0.6 is 12.2 Å². The molecule has 7 heteroatoms. The van der Waals surface area contributed by atoms with Crippen LogP contribution in [0.5, 0.6) is 0 Å². The number of thiocarbonyl (C=S) groups is 1. The molecule has 2 heterocycles. The van der Waals surface area contributed by atoms with E-state index in [1.54, 1.807) is 12.5 Å². The van der Waals surface area contributed by atoms with Gasteiger partial charge in [-0.25, -0.2) is 4.98 Å². The number of nitrogens with one attached hydrogen (secondary N) is 1. The van der Waals surface area contributed by atoms with E-state index in [2.05, 4.69) is 10.3 Å². The number of imidazole rings is 1. The van der Waals surface area contributed by atoms with Crippen LogP contribution in [0.3, 0.4) is 0 Å². The Labute approximate surface area is 123 Å². The smallest absolute Gasteiger partial charge is 0.233 e. The molecule has 1 aliphatic rings. The van der Waals surface area contributed by atoms with E-state index in [9.17, 15) is 4.79 Å². The van der Waals surface area contributed by atoms with Crippen LogP contribution in [-0.4, -0.2) is 39.7 Å². The van der Waals surface area contributed by atoms with Crippen molar-refractivity contribution >= 4 is 23.1 Å². The Bertz CT molecular complexity index is 469. The molecule has 6 nitrogen and oxygen atoms in total. The Morgan fingerprint density at radius 3 is 2.85 bits per heavy atom. The maximum atomic E-state index is 12.5. The zero-order valence-electron chi connectivity index (χ0n) is 11.5. The fourth-order valence-electron chi connectivity index (χ4n) is 2.42. The zero-order valence-corrected chi connectivity index (χ0v) is 12.4. The quantitative estimate of drug-likeness (QED) is 0.772. The van der Waals surface area contributed by atoms with Gasteiger partial charge < -0.3 is 20.4 Å². The Hall–Kier alpha value is -1.47. The lowest BCUT2D eigenvalue weighted by molar-refractivity contribution is -0.132. The first kappa shape index (κ1) is 14.9. The van der Waals surface area contributed by atoms with E-state index < -0.39 is 5.41 Å². The standard InChI is InChI=1S/C13H20N4O2S/c1-10(8-17-5-4-15-9-17)16-12(18)13(11(14)20)2-6-19-7-3-13/h4-5,9-10H,2-3,6-8H2,1H3,(H2,14,20)(H,16,18). The summed E-state index contributed by atoms with van der Waals surface area (Å²) in [5.74, 6) is -0.0964. The van der Waals surface area contributed by atoms with Crippen molar-refractivity contribution in [3.05, 3.63) is 18.7 Å². The number of carbonyl (C=O) groups excluding carboxylic acids is 1. The Morgan fingerprint density at radius 2 is 2.30 bits per heavy atom. The maximum absolute atomic E-state index is 12.5. The number of nitrogens with zero attached hydrogens (tertiary/aromatic N) is 2. The van der Waals surface area contributed by atoms with Gasteiger partial charge in [-0.05, 0) is 19.8 Å². The number of hydrogen-bond acceptors (Lipinski definition) is 4. The third-order valence-corrected chi connectivity index (χ3v) is 4.06. The number of amides is 1. The van der Waals surface area contributed by atoms with Gasteiger partial charge in [0.05, 0.1) is 11.3 Å². The summed E-state index contributed by atoms with van der Waals surface area (Å²) in [6.45, 7) is 3.64. The minimum Gasteiger partial charge on any atom is -0.392 e. The summed E-state index contributed by atoms with van der Waals surface area (Å²) in [5.41, 5.74) is 5.05. The number of nitrogens with two attached hydrogens (primary N) is 1. The van der Waals surface area contributed by atoms with Gasteiger partial charge in [0.25, 0.3) is 0 Å². The monoisotopic (exact) mass is 296 g/mol. The second-order valence-corrected chi connectivity index (χ2v) is 5.63. The molecule has 1 aromatic rings. The molecule has 1 fully saturated rings. The molecule has 0 spiro atoms. The largest absolute Gasteiger partial charge is 0.392 e. The van der Waals surface area contributed by atoms with Crippen LogP contribution in [0.2, 0.25) is 0 Å². The summed E-state index contributed by atoms with van der Waals surface area (Å²) in [6, 6.07) is -0.0224. The van der Waals surface area contributed by atoms with E-state index >= 15 is 0 Å². The SMILES string of the molecule is CC(Cn1ccnc1)NC(=O)C1(C(N)=S)CCOCC1. The third kappa shape index (κ3) is 3.16. The predicted molar refractivity (Wildman–Crippen MR) is 79.1 cm³/mol. The molecule has 0 bridgehead atoms. The highest BCUT2D eigenvalue weighted by Crippen LogP contribution is 2.31. The lowest BCUT2D eigenvalue weighted by atomic mass is 9.79. The van der Waals surface area contributed by atoms with Crippen LogP contribution < -0.4 is 11.1 Å². The van der Waals surface area contributed by atoms with Crippen molar-refractivity contribution < 1.29 is 9.53 Å². The summed E-state index contributed by atoms with van der Waals surface area (Å²) in [7, 11) is 0. The second kappa shape index (κ2) is 6.32. The number of carbonyl (C=O) groups is 1. The molecule has 1 unspecified atom stereocenters. The minimum absolute atomic E-state index is 0.0224. The van der Waals surface area contributed by atoms with Crippen LogP contribution in [-0.2, 0) is 16.1 Å². The number of hydrogen-bond donors (Lipinski definition) is 2. The van der Waals surface area contributed by atoms with Crippen LogP contribution in [0.25, 0.3) is 0 Å². The second-order valence-electron chi connectivity index (χ2n) is 5.19.